The van der Waals surface area contributed by atoms with Gasteiger partial charge >= 0.3 is 5.97 Å². The van der Waals surface area contributed by atoms with Gasteiger partial charge in [0, 0.05) is 39.2 Å². The summed E-state index contributed by atoms with van der Waals surface area (Å²) in [5.74, 6) is -0.0454. The largest absolute Gasteiger partial charge is 0.497 e. The molecule has 1 unspecified atom stereocenters. The number of rotatable bonds is 5. The number of carbonyl (C=O) groups excluding carboxylic acids is 1. The Morgan fingerprint density at radius 3 is 2.27 bits per heavy atom. The minimum atomic E-state index is -0.867. The average molecular weight is 362 g/mol. The highest BCUT2D eigenvalue weighted by Gasteiger charge is 2.55. The van der Waals surface area contributed by atoms with Gasteiger partial charge in [0.2, 0.25) is 5.91 Å². The standard InChI is InChI=1S/C19H26N2O5/c1-20-17(22)11-16(18(23)24)19(20)4-6-21(7-5-19)12-13-8-14(25-2)10-15(9-13)26-3/h8-10,16H,4-7,11-12H2,1-3H3,(H,23,24). The molecular formula is C19H26N2O5. The van der Waals surface area contributed by atoms with Crippen molar-refractivity contribution in [1.29, 1.82) is 0 Å². The molecule has 2 heterocycles. The molecule has 0 aliphatic carbocycles. The second-order valence-electron chi connectivity index (χ2n) is 7.15. The van der Waals surface area contributed by atoms with Crippen molar-refractivity contribution < 1.29 is 24.2 Å². The molecular weight excluding hydrogens is 336 g/mol. The smallest absolute Gasteiger partial charge is 0.309 e. The number of amides is 1. The fourth-order valence-electron chi connectivity index (χ4n) is 4.30. The van der Waals surface area contributed by atoms with E-state index < -0.39 is 17.4 Å². The molecule has 2 saturated heterocycles. The molecule has 0 saturated carbocycles. The number of carboxylic acid groups (broad SMARTS) is 1. The highest BCUT2D eigenvalue weighted by Crippen LogP contribution is 2.43. The van der Waals surface area contributed by atoms with Gasteiger partial charge in [0.1, 0.15) is 11.5 Å². The minimum Gasteiger partial charge on any atom is -0.497 e. The molecule has 0 aromatic heterocycles. The number of hydrogen-bond acceptors (Lipinski definition) is 5. The van der Waals surface area contributed by atoms with E-state index >= 15 is 0 Å². The number of aliphatic carboxylic acids is 1. The Hall–Kier alpha value is -2.28. The van der Waals surface area contributed by atoms with Crippen LogP contribution in [0.25, 0.3) is 0 Å². The van der Waals surface area contributed by atoms with Gasteiger partial charge in [-0.1, -0.05) is 0 Å². The maximum absolute atomic E-state index is 12.1. The van der Waals surface area contributed by atoms with Gasteiger partial charge in [0.25, 0.3) is 0 Å². The van der Waals surface area contributed by atoms with E-state index in [9.17, 15) is 14.7 Å². The van der Waals surface area contributed by atoms with Gasteiger partial charge in [-0.25, -0.2) is 0 Å². The Bertz CT molecular complexity index is 675. The van der Waals surface area contributed by atoms with Crippen LogP contribution in [0.1, 0.15) is 24.8 Å². The molecule has 3 rings (SSSR count). The Morgan fingerprint density at radius 2 is 1.77 bits per heavy atom. The van der Waals surface area contributed by atoms with Gasteiger partial charge in [0.15, 0.2) is 0 Å². The number of benzene rings is 1. The highest BCUT2D eigenvalue weighted by atomic mass is 16.5. The molecule has 1 amide bonds. The summed E-state index contributed by atoms with van der Waals surface area (Å²) in [5.41, 5.74) is 0.536. The lowest BCUT2D eigenvalue weighted by atomic mass is 9.77. The first-order valence-electron chi connectivity index (χ1n) is 8.83. The van der Waals surface area contributed by atoms with Gasteiger partial charge in [-0.05, 0) is 30.5 Å². The molecule has 26 heavy (non-hydrogen) atoms. The maximum Gasteiger partial charge on any atom is 0.309 e. The predicted octanol–water partition coefficient (Wildman–Crippen LogP) is 1.60. The molecule has 2 aliphatic heterocycles. The summed E-state index contributed by atoms with van der Waals surface area (Å²) < 4.78 is 10.6. The third kappa shape index (κ3) is 3.23. The molecule has 1 spiro atoms. The molecule has 1 N–H and O–H groups in total. The minimum absolute atomic E-state index is 0.0663. The van der Waals surface area contributed by atoms with Gasteiger partial charge in [-0.15, -0.1) is 0 Å². The summed E-state index contributed by atoms with van der Waals surface area (Å²) in [6.45, 7) is 2.24. The van der Waals surface area contributed by atoms with E-state index in [0.717, 1.165) is 36.7 Å². The van der Waals surface area contributed by atoms with E-state index in [1.807, 2.05) is 18.2 Å². The molecule has 1 aromatic rings. The molecule has 0 radical (unpaired) electrons. The van der Waals surface area contributed by atoms with Gasteiger partial charge in [-0.3, -0.25) is 14.5 Å². The number of methoxy groups -OCH3 is 2. The Balaban J connectivity index is 1.71. The Morgan fingerprint density at radius 1 is 1.19 bits per heavy atom. The van der Waals surface area contributed by atoms with E-state index in [0.29, 0.717) is 12.8 Å². The summed E-state index contributed by atoms with van der Waals surface area (Å²) in [6.07, 6.45) is 1.46. The zero-order valence-electron chi connectivity index (χ0n) is 15.5. The average Bonchev–Trinajstić information content (AvgIpc) is 2.88. The van der Waals surface area contributed by atoms with Crippen LogP contribution < -0.4 is 9.47 Å². The summed E-state index contributed by atoms with van der Waals surface area (Å²) in [4.78, 5) is 27.7. The summed E-state index contributed by atoms with van der Waals surface area (Å²) in [5, 5.41) is 9.56. The Kier molecular flexibility index (Phi) is 5.09. The molecule has 142 valence electrons. The highest BCUT2D eigenvalue weighted by molar-refractivity contribution is 5.88. The van der Waals surface area contributed by atoms with Crippen LogP contribution in [0.15, 0.2) is 18.2 Å². The van der Waals surface area contributed by atoms with Gasteiger partial charge in [-0.2, -0.15) is 0 Å². The fourth-order valence-corrected chi connectivity index (χ4v) is 4.30. The topological polar surface area (TPSA) is 79.3 Å². The van der Waals surface area contributed by atoms with Crippen LogP contribution in [-0.4, -0.2) is 66.7 Å². The second kappa shape index (κ2) is 7.15. The predicted molar refractivity (Wildman–Crippen MR) is 95.3 cm³/mol. The van der Waals surface area contributed by atoms with Crippen molar-refractivity contribution in [2.24, 2.45) is 5.92 Å². The van der Waals surface area contributed by atoms with Crippen molar-refractivity contribution in [3.8, 4) is 11.5 Å². The number of piperidine rings is 1. The van der Waals surface area contributed by atoms with Gasteiger partial charge < -0.3 is 19.5 Å². The zero-order valence-corrected chi connectivity index (χ0v) is 15.5. The summed E-state index contributed by atoms with van der Waals surface area (Å²) in [6, 6.07) is 5.81. The normalized spacial score (nSPS) is 22.7. The molecule has 2 fully saturated rings. The number of likely N-dealkylation sites (tertiary alicyclic amines) is 2. The molecule has 2 aliphatic rings. The van der Waals surface area contributed by atoms with E-state index in [2.05, 4.69) is 4.90 Å². The molecule has 7 heteroatoms. The first-order chi connectivity index (χ1) is 12.4. The summed E-state index contributed by atoms with van der Waals surface area (Å²) in [7, 11) is 5.00. The molecule has 7 nitrogen and oxygen atoms in total. The van der Waals surface area contributed by atoms with E-state index in [1.54, 1.807) is 26.2 Å². The van der Waals surface area contributed by atoms with Crippen LogP contribution in [0.3, 0.4) is 0 Å². The van der Waals surface area contributed by atoms with Crippen molar-refractivity contribution in [3.63, 3.8) is 0 Å². The molecule has 0 bridgehead atoms. The third-order valence-corrected chi connectivity index (χ3v) is 5.91. The van der Waals surface area contributed by atoms with Gasteiger partial charge in [0.05, 0.1) is 25.7 Å². The SMILES string of the molecule is COc1cc(CN2CCC3(CC2)C(C(=O)O)CC(=O)N3C)cc(OC)c1. The Labute approximate surface area is 153 Å². The first-order valence-corrected chi connectivity index (χ1v) is 8.83. The quantitative estimate of drug-likeness (QED) is 0.857. The number of ether oxygens (including phenoxy) is 2. The number of carboxylic acids is 1. The van der Waals surface area contributed by atoms with Crippen LogP contribution >= 0.6 is 0 Å². The fraction of sp³-hybridized carbons (Fsp3) is 0.579. The van der Waals surface area contributed by atoms with E-state index in [-0.39, 0.29) is 12.3 Å². The monoisotopic (exact) mass is 362 g/mol. The van der Waals surface area contributed by atoms with E-state index in [4.69, 9.17) is 9.47 Å². The maximum atomic E-state index is 12.1. The second-order valence-corrected chi connectivity index (χ2v) is 7.15. The van der Waals surface area contributed by atoms with Crippen LogP contribution in [0.4, 0.5) is 0 Å². The number of carbonyl (C=O) groups is 2. The van der Waals surface area contributed by atoms with Crippen molar-refractivity contribution in [1.82, 2.24) is 9.80 Å². The van der Waals surface area contributed by atoms with Crippen molar-refractivity contribution in [2.75, 3.05) is 34.4 Å². The van der Waals surface area contributed by atoms with Crippen LogP contribution in [0.2, 0.25) is 0 Å². The molecule has 1 aromatic carbocycles. The zero-order chi connectivity index (χ0) is 18.9. The lowest BCUT2D eigenvalue weighted by Crippen LogP contribution is -2.55. The third-order valence-electron chi connectivity index (χ3n) is 5.91. The van der Waals surface area contributed by atoms with E-state index in [1.165, 1.54) is 0 Å². The lowest BCUT2D eigenvalue weighted by Gasteiger charge is -2.45. The van der Waals surface area contributed by atoms with Crippen LogP contribution in [-0.2, 0) is 16.1 Å². The first kappa shape index (κ1) is 18.5. The van der Waals surface area contributed by atoms with Crippen molar-refractivity contribution >= 4 is 11.9 Å². The summed E-state index contributed by atoms with van der Waals surface area (Å²) >= 11 is 0. The van der Waals surface area contributed by atoms with Crippen molar-refractivity contribution in [3.05, 3.63) is 23.8 Å². The number of nitrogens with zero attached hydrogens (tertiary/aromatic N) is 2. The van der Waals surface area contributed by atoms with Crippen LogP contribution in [0, 0.1) is 5.92 Å². The van der Waals surface area contributed by atoms with Crippen LogP contribution in [0.5, 0.6) is 11.5 Å². The molecule has 1 atom stereocenters. The van der Waals surface area contributed by atoms with Crippen molar-refractivity contribution in [2.45, 2.75) is 31.3 Å². The number of hydrogen-bond donors (Lipinski definition) is 1. The lowest BCUT2D eigenvalue weighted by molar-refractivity contribution is -0.146.